The lowest BCUT2D eigenvalue weighted by Gasteiger charge is -2.32. The van der Waals surface area contributed by atoms with E-state index in [1.165, 1.54) is 0 Å². The van der Waals surface area contributed by atoms with E-state index in [4.69, 9.17) is 9.47 Å². The van der Waals surface area contributed by atoms with Crippen molar-refractivity contribution < 1.29 is 27.4 Å². The van der Waals surface area contributed by atoms with E-state index < -0.39 is 18.0 Å². The van der Waals surface area contributed by atoms with Crippen LogP contribution in [0.5, 0.6) is 11.5 Å². The molecule has 3 heterocycles. The summed E-state index contributed by atoms with van der Waals surface area (Å²) < 4.78 is 52.2. The fourth-order valence-corrected chi connectivity index (χ4v) is 3.93. The minimum atomic E-state index is -4.69. The van der Waals surface area contributed by atoms with E-state index in [9.17, 15) is 18.0 Å². The second-order valence-electron chi connectivity index (χ2n) is 7.15. The smallest absolute Gasteiger partial charge is 0.453 e. The largest absolute Gasteiger partial charge is 0.490 e. The number of fused-ring (bicyclic) bond motifs is 2. The van der Waals surface area contributed by atoms with Crippen molar-refractivity contribution in [2.75, 3.05) is 18.5 Å². The third-order valence-electron chi connectivity index (χ3n) is 5.21. The molecule has 2 aromatic rings. The number of hydrogen-bond donors (Lipinski definition) is 1. The topological polar surface area (TPSA) is 78.3 Å². The number of carbonyl (C=O) groups is 1. The van der Waals surface area contributed by atoms with Gasteiger partial charge in [-0.1, -0.05) is 6.07 Å². The normalized spacial score (nSPS) is 21.2. The van der Waals surface area contributed by atoms with Gasteiger partial charge < -0.3 is 14.8 Å². The summed E-state index contributed by atoms with van der Waals surface area (Å²) in [7, 11) is 0. The molecule has 1 atom stereocenters. The average Bonchev–Trinajstić information content (AvgIpc) is 2.97. The van der Waals surface area contributed by atoms with E-state index in [2.05, 4.69) is 15.4 Å². The minimum absolute atomic E-state index is 0.0251. The summed E-state index contributed by atoms with van der Waals surface area (Å²) >= 11 is 0. The van der Waals surface area contributed by atoms with Gasteiger partial charge in [-0.3, -0.25) is 4.79 Å². The highest BCUT2D eigenvalue weighted by Crippen LogP contribution is 2.43. The van der Waals surface area contributed by atoms with Crippen molar-refractivity contribution in [2.45, 2.75) is 37.9 Å². The molecule has 1 aromatic heterocycles. The lowest BCUT2D eigenvalue weighted by molar-refractivity contribution is -0.145. The number of ketones is 1. The van der Waals surface area contributed by atoms with Crippen LogP contribution in [0.4, 0.5) is 19.1 Å². The van der Waals surface area contributed by atoms with Crippen molar-refractivity contribution >= 4 is 11.7 Å². The van der Waals surface area contributed by atoms with Crippen LogP contribution in [0.2, 0.25) is 0 Å². The van der Waals surface area contributed by atoms with E-state index in [0.717, 1.165) is 11.1 Å². The molecule has 0 bridgehead atoms. The Balaban J connectivity index is 1.67. The number of alkyl halides is 3. The van der Waals surface area contributed by atoms with Gasteiger partial charge in [0.1, 0.15) is 6.04 Å². The molecule has 29 heavy (non-hydrogen) atoms. The van der Waals surface area contributed by atoms with Gasteiger partial charge >= 0.3 is 6.18 Å². The second kappa shape index (κ2) is 6.50. The Bertz CT molecular complexity index is 1030. The highest BCUT2D eigenvalue weighted by Gasteiger charge is 2.42. The van der Waals surface area contributed by atoms with Gasteiger partial charge in [0.25, 0.3) is 5.82 Å². The molecule has 0 saturated heterocycles. The van der Waals surface area contributed by atoms with Crippen molar-refractivity contribution in [3.05, 3.63) is 40.9 Å². The SMILES string of the molecule is O=C1CCCC2=C1C(c1ccc3c(c1)OCCCO3)n1nc(C(F)(F)F)nc1N2. The van der Waals surface area contributed by atoms with Gasteiger partial charge in [-0.2, -0.15) is 18.2 Å². The minimum Gasteiger partial charge on any atom is -0.490 e. The Morgan fingerprint density at radius 3 is 2.69 bits per heavy atom. The molecule has 3 aliphatic rings. The van der Waals surface area contributed by atoms with Crippen molar-refractivity contribution in [1.29, 1.82) is 0 Å². The monoisotopic (exact) mass is 406 g/mol. The molecule has 0 saturated carbocycles. The number of anilines is 1. The Morgan fingerprint density at radius 2 is 1.90 bits per heavy atom. The third-order valence-corrected chi connectivity index (χ3v) is 5.21. The number of rotatable bonds is 1. The summed E-state index contributed by atoms with van der Waals surface area (Å²) in [6, 6.07) is 4.35. The Kier molecular flexibility index (Phi) is 4.04. The van der Waals surface area contributed by atoms with Crippen LogP contribution in [0, 0.1) is 0 Å². The first-order valence-electron chi connectivity index (χ1n) is 9.38. The van der Waals surface area contributed by atoms with Gasteiger partial charge in [0.2, 0.25) is 5.95 Å². The summed E-state index contributed by atoms with van der Waals surface area (Å²) in [5, 5.41) is 6.58. The summed E-state index contributed by atoms with van der Waals surface area (Å²) in [4.78, 5) is 16.4. The molecule has 10 heteroatoms. The van der Waals surface area contributed by atoms with Crippen LogP contribution in [0.1, 0.15) is 43.1 Å². The number of allylic oxidation sites excluding steroid dienone is 2. The maximum Gasteiger partial charge on any atom is 0.453 e. The molecule has 1 unspecified atom stereocenters. The molecule has 0 fully saturated rings. The number of nitrogens with one attached hydrogen (secondary N) is 1. The van der Waals surface area contributed by atoms with E-state index in [-0.39, 0.29) is 11.7 Å². The number of halogens is 3. The molecule has 7 nitrogen and oxygen atoms in total. The van der Waals surface area contributed by atoms with E-state index >= 15 is 0 Å². The first kappa shape index (κ1) is 18.0. The maximum atomic E-state index is 13.2. The Labute approximate surface area is 163 Å². The van der Waals surface area contributed by atoms with E-state index in [1.807, 2.05) is 0 Å². The number of benzene rings is 1. The van der Waals surface area contributed by atoms with Crippen LogP contribution in [-0.2, 0) is 11.0 Å². The summed E-state index contributed by atoms with van der Waals surface area (Å²) in [5.41, 5.74) is 1.63. The standard InChI is InChI=1S/C19H17F3N4O3/c20-19(21,22)17-24-18-23-11-3-1-4-12(27)15(11)16(26(18)25-17)10-5-6-13-14(9-10)29-8-2-7-28-13/h5-6,9,16H,1-4,7-8H2,(H,23,24,25). The van der Waals surface area contributed by atoms with Crippen LogP contribution >= 0.6 is 0 Å². The lowest BCUT2D eigenvalue weighted by atomic mass is 9.85. The van der Waals surface area contributed by atoms with Crippen molar-refractivity contribution in [1.82, 2.24) is 14.8 Å². The highest BCUT2D eigenvalue weighted by molar-refractivity contribution is 5.99. The van der Waals surface area contributed by atoms with Crippen LogP contribution in [-0.4, -0.2) is 33.8 Å². The number of carbonyl (C=O) groups excluding carboxylic acids is 1. The Morgan fingerprint density at radius 1 is 1.10 bits per heavy atom. The van der Waals surface area contributed by atoms with Crippen molar-refractivity contribution in [3.63, 3.8) is 0 Å². The molecule has 0 spiro atoms. The van der Waals surface area contributed by atoms with Gasteiger partial charge in [-0.05, 0) is 30.5 Å². The average molecular weight is 406 g/mol. The van der Waals surface area contributed by atoms with Gasteiger partial charge in [0, 0.05) is 24.1 Å². The van der Waals surface area contributed by atoms with Crippen molar-refractivity contribution in [3.8, 4) is 11.5 Å². The predicted molar refractivity (Wildman–Crippen MR) is 94.7 cm³/mol. The molecule has 0 amide bonds. The van der Waals surface area contributed by atoms with Gasteiger partial charge in [-0.25, -0.2) is 4.68 Å². The number of Topliss-reactive ketones (excluding diaryl/α,β-unsaturated/α-hetero) is 1. The summed E-state index contributed by atoms with van der Waals surface area (Å²) in [6.45, 7) is 0.998. The molecule has 1 N–H and O–H groups in total. The fraction of sp³-hybridized carbons (Fsp3) is 0.421. The number of hydrogen-bond acceptors (Lipinski definition) is 6. The van der Waals surface area contributed by atoms with Gasteiger partial charge in [-0.15, -0.1) is 5.10 Å². The van der Waals surface area contributed by atoms with Crippen LogP contribution in [0.3, 0.4) is 0 Å². The zero-order chi connectivity index (χ0) is 20.2. The maximum absolute atomic E-state index is 13.2. The quantitative estimate of drug-likeness (QED) is 0.781. The molecule has 1 aromatic carbocycles. The van der Waals surface area contributed by atoms with Crippen LogP contribution in [0.15, 0.2) is 29.5 Å². The number of ether oxygens (including phenoxy) is 2. The second-order valence-corrected chi connectivity index (χ2v) is 7.15. The molecular weight excluding hydrogens is 389 g/mol. The zero-order valence-corrected chi connectivity index (χ0v) is 15.3. The summed E-state index contributed by atoms with van der Waals surface area (Å²) in [5.74, 6) is -0.305. The first-order chi connectivity index (χ1) is 13.9. The lowest BCUT2D eigenvalue weighted by Crippen LogP contribution is -2.31. The van der Waals surface area contributed by atoms with Crippen LogP contribution < -0.4 is 14.8 Å². The van der Waals surface area contributed by atoms with E-state index in [1.54, 1.807) is 18.2 Å². The number of nitrogens with zero attached hydrogens (tertiary/aromatic N) is 3. The van der Waals surface area contributed by atoms with Crippen molar-refractivity contribution in [2.24, 2.45) is 0 Å². The zero-order valence-electron chi connectivity index (χ0n) is 15.3. The molecule has 1 aliphatic carbocycles. The molecule has 0 radical (unpaired) electrons. The molecular formula is C19H17F3N4O3. The van der Waals surface area contributed by atoms with Crippen LogP contribution in [0.25, 0.3) is 0 Å². The van der Waals surface area contributed by atoms with Gasteiger partial charge in [0.05, 0.1) is 13.2 Å². The van der Waals surface area contributed by atoms with Gasteiger partial charge in [0.15, 0.2) is 17.3 Å². The molecule has 152 valence electrons. The summed E-state index contributed by atoms with van der Waals surface area (Å²) in [6.07, 6.45) is -2.41. The third kappa shape index (κ3) is 3.02. The first-order valence-corrected chi connectivity index (χ1v) is 9.38. The number of aromatic nitrogens is 3. The van der Waals surface area contributed by atoms with E-state index in [0.29, 0.717) is 60.8 Å². The predicted octanol–water partition coefficient (Wildman–Crippen LogP) is 3.48. The Hall–Kier alpha value is -3.04. The molecule has 5 rings (SSSR count). The molecule has 2 aliphatic heterocycles. The fourth-order valence-electron chi connectivity index (χ4n) is 3.93. The highest BCUT2D eigenvalue weighted by atomic mass is 19.4.